The lowest BCUT2D eigenvalue weighted by Crippen LogP contribution is -2.23. The van der Waals surface area contributed by atoms with E-state index in [1.54, 1.807) is 24.6 Å². The first-order valence-corrected chi connectivity index (χ1v) is 7.20. The van der Waals surface area contributed by atoms with E-state index >= 15 is 0 Å². The van der Waals surface area contributed by atoms with E-state index in [-0.39, 0.29) is 17.6 Å². The van der Waals surface area contributed by atoms with Gasteiger partial charge in [0.1, 0.15) is 11.6 Å². The molecule has 0 bridgehead atoms. The second kappa shape index (κ2) is 5.71. The van der Waals surface area contributed by atoms with Crippen LogP contribution in [0, 0.1) is 25.6 Å². The molecule has 1 heterocycles. The van der Waals surface area contributed by atoms with Crippen LogP contribution in [0.15, 0.2) is 30.4 Å². The lowest BCUT2D eigenvalue weighted by atomic mass is 10.1. The zero-order valence-corrected chi connectivity index (χ0v) is 12.5. The van der Waals surface area contributed by atoms with E-state index in [2.05, 4.69) is 15.4 Å². The molecule has 1 aromatic heterocycles. The monoisotopic (exact) mass is 300 g/mol. The molecule has 1 amide bonds. The van der Waals surface area contributed by atoms with Gasteiger partial charge in [-0.2, -0.15) is 9.67 Å². The Morgan fingerprint density at radius 3 is 2.73 bits per heavy atom. The number of allylic oxidation sites excluding steroid dienone is 2. The third-order valence-corrected chi connectivity index (χ3v) is 3.71. The van der Waals surface area contributed by atoms with Crippen LogP contribution in [-0.2, 0) is 4.79 Å². The van der Waals surface area contributed by atoms with Gasteiger partial charge < -0.3 is 0 Å². The minimum atomic E-state index is -0.305. The highest BCUT2D eigenvalue weighted by Gasteiger charge is 2.22. The summed E-state index contributed by atoms with van der Waals surface area (Å²) >= 11 is 0. The second-order valence-corrected chi connectivity index (χ2v) is 5.45. The third-order valence-electron chi connectivity index (χ3n) is 3.71. The summed E-state index contributed by atoms with van der Waals surface area (Å²) in [6.07, 6.45) is 5.50. The summed E-state index contributed by atoms with van der Waals surface area (Å²) in [6.45, 7) is 3.55. The zero-order valence-electron chi connectivity index (χ0n) is 12.5. The van der Waals surface area contributed by atoms with Crippen molar-refractivity contribution in [2.75, 3.05) is 5.32 Å². The van der Waals surface area contributed by atoms with Gasteiger partial charge in [0.25, 0.3) is 0 Å². The summed E-state index contributed by atoms with van der Waals surface area (Å²) in [6, 6.07) is 4.43. The maximum Gasteiger partial charge on any atom is 0.233 e. The number of anilines is 1. The van der Waals surface area contributed by atoms with E-state index < -0.39 is 0 Å². The van der Waals surface area contributed by atoms with Crippen LogP contribution in [0.3, 0.4) is 0 Å². The largest absolute Gasteiger partial charge is 0.294 e. The smallest absolute Gasteiger partial charge is 0.233 e. The van der Waals surface area contributed by atoms with Crippen molar-refractivity contribution in [3.63, 3.8) is 0 Å². The van der Waals surface area contributed by atoms with Crippen LogP contribution in [0.25, 0.3) is 5.69 Å². The quantitative estimate of drug-likeness (QED) is 0.887. The van der Waals surface area contributed by atoms with Gasteiger partial charge in [-0.3, -0.25) is 10.1 Å². The van der Waals surface area contributed by atoms with Gasteiger partial charge >= 0.3 is 0 Å². The van der Waals surface area contributed by atoms with Gasteiger partial charge in [0.15, 0.2) is 0 Å². The van der Waals surface area contributed by atoms with Crippen LogP contribution in [0.4, 0.5) is 10.3 Å². The Morgan fingerprint density at radius 1 is 1.32 bits per heavy atom. The van der Waals surface area contributed by atoms with Crippen molar-refractivity contribution in [3.05, 3.63) is 47.6 Å². The number of hydrogen-bond donors (Lipinski definition) is 1. The number of carbonyl (C=O) groups excluding carboxylic acids is 1. The van der Waals surface area contributed by atoms with E-state index in [0.29, 0.717) is 17.5 Å². The molecule has 0 saturated carbocycles. The minimum Gasteiger partial charge on any atom is -0.294 e. The Kier molecular flexibility index (Phi) is 3.75. The SMILES string of the molecule is Cc1nc(NC(=O)C2CC=CC2)n(-c2ccc(F)cc2C)n1. The molecular weight excluding hydrogens is 283 g/mol. The Labute approximate surface area is 127 Å². The summed E-state index contributed by atoms with van der Waals surface area (Å²) in [5.41, 5.74) is 1.42. The van der Waals surface area contributed by atoms with E-state index in [1.165, 1.54) is 12.1 Å². The van der Waals surface area contributed by atoms with Crippen molar-refractivity contribution in [2.45, 2.75) is 26.7 Å². The molecule has 0 aliphatic heterocycles. The fourth-order valence-electron chi connectivity index (χ4n) is 2.56. The van der Waals surface area contributed by atoms with Gasteiger partial charge in [0, 0.05) is 5.92 Å². The number of nitrogens with one attached hydrogen (secondary N) is 1. The van der Waals surface area contributed by atoms with Crippen LogP contribution in [0.1, 0.15) is 24.2 Å². The molecule has 0 unspecified atom stereocenters. The lowest BCUT2D eigenvalue weighted by Gasteiger charge is -2.12. The fourth-order valence-corrected chi connectivity index (χ4v) is 2.56. The predicted octanol–water partition coefficient (Wildman–Crippen LogP) is 2.93. The number of amides is 1. The number of hydrogen-bond acceptors (Lipinski definition) is 3. The number of rotatable bonds is 3. The number of carbonyl (C=O) groups is 1. The molecule has 0 saturated heterocycles. The number of aromatic nitrogens is 3. The topological polar surface area (TPSA) is 59.8 Å². The molecule has 3 rings (SSSR count). The molecule has 114 valence electrons. The van der Waals surface area contributed by atoms with Gasteiger partial charge in [-0.1, -0.05) is 12.2 Å². The molecule has 6 heteroatoms. The van der Waals surface area contributed by atoms with Crippen molar-refractivity contribution in [1.29, 1.82) is 0 Å². The molecule has 0 radical (unpaired) electrons. The van der Waals surface area contributed by atoms with E-state index in [4.69, 9.17) is 0 Å². The van der Waals surface area contributed by atoms with Gasteiger partial charge in [-0.15, -0.1) is 5.10 Å². The highest BCUT2D eigenvalue weighted by Crippen LogP contribution is 2.22. The molecule has 1 aromatic carbocycles. The molecule has 0 atom stereocenters. The van der Waals surface area contributed by atoms with Crippen LogP contribution >= 0.6 is 0 Å². The Balaban J connectivity index is 1.91. The van der Waals surface area contributed by atoms with Gasteiger partial charge in [0.2, 0.25) is 11.9 Å². The first-order chi connectivity index (χ1) is 10.5. The summed E-state index contributed by atoms with van der Waals surface area (Å²) in [5.74, 6) is 0.478. The summed E-state index contributed by atoms with van der Waals surface area (Å²) in [7, 11) is 0. The first kappa shape index (κ1) is 14.4. The standard InChI is InChI=1S/C16H17FN4O/c1-10-9-13(17)7-8-14(10)21-16(18-11(2)20-21)19-15(22)12-5-3-4-6-12/h3-4,7-9,12H,5-6H2,1-2H3,(H,18,19,20,22). The molecule has 1 N–H and O–H groups in total. The molecule has 2 aromatic rings. The zero-order chi connectivity index (χ0) is 15.7. The second-order valence-electron chi connectivity index (χ2n) is 5.45. The van der Waals surface area contributed by atoms with Gasteiger partial charge in [-0.05, 0) is 50.5 Å². The molecular formula is C16H17FN4O. The normalized spacial score (nSPS) is 14.5. The molecule has 5 nitrogen and oxygen atoms in total. The Hall–Kier alpha value is -2.50. The van der Waals surface area contributed by atoms with Crippen LogP contribution in [-0.4, -0.2) is 20.7 Å². The van der Waals surface area contributed by atoms with Crippen molar-refractivity contribution >= 4 is 11.9 Å². The maximum absolute atomic E-state index is 13.3. The van der Waals surface area contributed by atoms with E-state index in [1.807, 2.05) is 12.2 Å². The minimum absolute atomic E-state index is 0.0558. The summed E-state index contributed by atoms with van der Waals surface area (Å²) in [5, 5.41) is 7.13. The molecule has 0 spiro atoms. The number of halogens is 1. The molecule has 1 aliphatic carbocycles. The van der Waals surface area contributed by atoms with Gasteiger partial charge in [0.05, 0.1) is 5.69 Å². The van der Waals surface area contributed by atoms with Crippen molar-refractivity contribution in [2.24, 2.45) is 5.92 Å². The summed E-state index contributed by atoms with van der Waals surface area (Å²) in [4.78, 5) is 16.5. The molecule has 1 aliphatic rings. The van der Waals surface area contributed by atoms with Crippen molar-refractivity contribution < 1.29 is 9.18 Å². The van der Waals surface area contributed by atoms with Crippen molar-refractivity contribution in [3.8, 4) is 5.69 Å². The first-order valence-electron chi connectivity index (χ1n) is 7.20. The highest BCUT2D eigenvalue weighted by atomic mass is 19.1. The average molecular weight is 300 g/mol. The number of benzene rings is 1. The molecule has 22 heavy (non-hydrogen) atoms. The van der Waals surface area contributed by atoms with E-state index in [0.717, 1.165) is 18.4 Å². The van der Waals surface area contributed by atoms with Crippen LogP contribution < -0.4 is 5.32 Å². The van der Waals surface area contributed by atoms with Crippen LogP contribution in [0.2, 0.25) is 0 Å². The fraction of sp³-hybridized carbons (Fsp3) is 0.312. The average Bonchev–Trinajstić information content (AvgIpc) is 3.09. The predicted molar refractivity (Wildman–Crippen MR) is 81.3 cm³/mol. The number of aryl methyl sites for hydroxylation is 2. The summed E-state index contributed by atoms with van der Waals surface area (Å²) < 4.78 is 14.8. The van der Waals surface area contributed by atoms with E-state index in [9.17, 15) is 9.18 Å². The third kappa shape index (κ3) is 2.77. The Morgan fingerprint density at radius 2 is 2.05 bits per heavy atom. The molecule has 0 fully saturated rings. The Bertz CT molecular complexity index is 743. The lowest BCUT2D eigenvalue weighted by molar-refractivity contribution is -0.119. The maximum atomic E-state index is 13.3. The van der Waals surface area contributed by atoms with Crippen LogP contribution in [0.5, 0.6) is 0 Å². The highest BCUT2D eigenvalue weighted by molar-refractivity contribution is 5.91. The van der Waals surface area contributed by atoms with Crippen molar-refractivity contribution in [1.82, 2.24) is 14.8 Å². The van der Waals surface area contributed by atoms with Gasteiger partial charge in [-0.25, -0.2) is 4.39 Å². The number of nitrogens with zero attached hydrogens (tertiary/aromatic N) is 3.